The van der Waals surface area contributed by atoms with Gasteiger partial charge >= 0.3 is 0 Å². The quantitative estimate of drug-likeness (QED) is 0.660. The molecule has 0 amide bonds. The third-order valence-electron chi connectivity index (χ3n) is 1.35. The third-order valence-corrected chi connectivity index (χ3v) is 2.11. The van der Waals surface area contributed by atoms with E-state index in [-0.39, 0.29) is 11.5 Å². The van der Waals surface area contributed by atoms with E-state index >= 15 is 0 Å². The summed E-state index contributed by atoms with van der Waals surface area (Å²) in [6.45, 7) is 5.83. The highest BCUT2D eigenvalue weighted by atomic mass is 127. The normalized spacial score (nSPS) is 12.1. The topological polar surface area (TPSA) is 17.8 Å². The Morgan fingerprint density at radius 2 is 2.09 bits per heavy atom. The average Bonchev–Trinajstić information content (AvgIpc) is 2.08. The highest BCUT2D eigenvalue weighted by Crippen LogP contribution is 2.19. The van der Waals surface area contributed by atoms with E-state index in [9.17, 15) is 4.39 Å². The van der Waals surface area contributed by atoms with Gasteiger partial charge in [0, 0.05) is 28.1 Å². The van der Waals surface area contributed by atoms with Crippen LogP contribution in [0.4, 0.5) is 4.39 Å². The van der Waals surface area contributed by atoms with E-state index in [1.807, 2.05) is 43.4 Å². The van der Waals surface area contributed by atoms with E-state index in [2.05, 4.69) is 4.98 Å². The first-order valence-electron chi connectivity index (χ1n) is 3.32. The van der Waals surface area contributed by atoms with E-state index in [0.29, 0.717) is 3.83 Å². The lowest BCUT2D eigenvalue weighted by Gasteiger charge is -2.21. The molecular formula is C7H10FIN2. The van der Waals surface area contributed by atoms with E-state index in [0.717, 1.165) is 0 Å². The van der Waals surface area contributed by atoms with Gasteiger partial charge in [-0.3, -0.25) is 4.57 Å². The molecule has 11 heavy (non-hydrogen) atoms. The lowest BCUT2D eigenvalue weighted by molar-refractivity contribution is 0.329. The van der Waals surface area contributed by atoms with Crippen molar-refractivity contribution in [1.82, 2.24) is 9.55 Å². The van der Waals surface area contributed by atoms with Gasteiger partial charge in [-0.2, -0.15) is 4.39 Å². The summed E-state index contributed by atoms with van der Waals surface area (Å²) in [5.41, 5.74) is -0.225. The molecule has 1 heterocycles. The lowest BCUT2D eigenvalue weighted by atomic mass is 10.1. The second-order valence-electron chi connectivity index (χ2n) is 3.36. The maximum Gasteiger partial charge on any atom is 0.214 e. The summed E-state index contributed by atoms with van der Waals surface area (Å²) in [5, 5.41) is 0. The van der Waals surface area contributed by atoms with Crippen molar-refractivity contribution >= 4 is 22.6 Å². The maximum absolute atomic E-state index is 13.0. The molecule has 1 aromatic heterocycles. The van der Waals surface area contributed by atoms with Crippen molar-refractivity contribution in [1.29, 1.82) is 0 Å². The zero-order valence-electron chi connectivity index (χ0n) is 6.73. The molecule has 62 valence electrons. The molecule has 0 N–H and O–H groups in total. The Hall–Kier alpha value is -0.130. The van der Waals surface area contributed by atoms with Gasteiger partial charge < -0.3 is 0 Å². The van der Waals surface area contributed by atoms with Gasteiger partial charge in [0.15, 0.2) is 3.83 Å². The van der Waals surface area contributed by atoms with Crippen LogP contribution in [0.5, 0.6) is 0 Å². The summed E-state index contributed by atoms with van der Waals surface area (Å²) >= 11 is 2.02. The number of imidazole rings is 1. The molecule has 4 heteroatoms. The van der Waals surface area contributed by atoms with Gasteiger partial charge in [-0.1, -0.05) is 0 Å². The molecule has 0 saturated carbocycles. The van der Waals surface area contributed by atoms with Crippen LogP contribution in [0.25, 0.3) is 0 Å². The van der Waals surface area contributed by atoms with Crippen LogP contribution in [-0.2, 0) is 5.54 Å². The second kappa shape index (κ2) is 2.73. The molecule has 0 bridgehead atoms. The SMILES string of the molecule is CC(C)(C)n1c(F)cnc1I. The predicted molar refractivity (Wildman–Crippen MR) is 49.9 cm³/mol. The average molecular weight is 268 g/mol. The molecule has 0 unspecified atom stereocenters. The minimum absolute atomic E-state index is 0.225. The van der Waals surface area contributed by atoms with Crippen LogP contribution < -0.4 is 0 Å². The molecule has 0 atom stereocenters. The van der Waals surface area contributed by atoms with Gasteiger partial charge in [-0.25, -0.2) is 4.98 Å². The first-order valence-corrected chi connectivity index (χ1v) is 4.40. The highest BCUT2D eigenvalue weighted by molar-refractivity contribution is 14.1. The fourth-order valence-electron chi connectivity index (χ4n) is 0.907. The summed E-state index contributed by atoms with van der Waals surface area (Å²) in [6.07, 6.45) is 1.24. The largest absolute Gasteiger partial charge is 0.291 e. The van der Waals surface area contributed by atoms with Crippen LogP contribution in [0, 0.1) is 9.78 Å². The van der Waals surface area contributed by atoms with Crippen molar-refractivity contribution in [3.05, 3.63) is 16.0 Å². The summed E-state index contributed by atoms with van der Waals surface area (Å²) in [6, 6.07) is 0. The molecular weight excluding hydrogens is 258 g/mol. The van der Waals surface area contributed by atoms with Crippen molar-refractivity contribution in [3.63, 3.8) is 0 Å². The smallest absolute Gasteiger partial charge is 0.214 e. The number of hydrogen-bond donors (Lipinski definition) is 0. The molecule has 0 fully saturated rings. The van der Waals surface area contributed by atoms with Gasteiger partial charge in [0.1, 0.15) is 0 Å². The number of aromatic nitrogens is 2. The number of rotatable bonds is 0. The molecule has 0 radical (unpaired) electrons. The number of halogens is 2. The number of hydrogen-bond acceptors (Lipinski definition) is 1. The van der Waals surface area contributed by atoms with E-state index in [1.54, 1.807) is 4.57 Å². The summed E-state index contributed by atoms with van der Waals surface area (Å²) in [7, 11) is 0. The molecule has 0 aliphatic heterocycles. The lowest BCUT2D eigenvalue weighted by Crippen LogP contribution is -2.24. The van der Waals surface area contributed by atoms with Gasteiger partial charge in [0.05, 0.1) is 6.20 Å². The molecule has 0 saturated heterocycles. The van der Waals surface area contributed by atoms with Crippen molar-refractivity contribution in [2.75, 3.05) is 0 Å². The van der Waals surface area contributed by atoms with Crippen molar-refractivity contribution < 1.29 is 4.39 Å². The molecule has 0 aliphatic carbocycles. The summed E-state index contributed by atoms with van der Waals surface area (Å²) in [5.74, 6) is -0.276. The Labute approximate surface area is 79.0 Å². The highest BCUT2D eigenvalue weighted by Gasteiger charge is 2.19. The molecule has 1 aromatic rings. The van der Waals surface area contributed by atoms with Crippen LogP contribution in [0.2, 0.25) is 0 Å². The Morgan fingerprint density at radius 1 is 1.55 bits per heavy atom. The fourth-order valence-corrected chi connectivity index (χ4v) is 2.00. The fraction of sp³-hybridized carbons (Fsp3) is 0.571. The standard InChI is InChI=1S/C7H10FIN2/c1-7(2,3)11-5(8)4-10-6(11)9/h4H,1-3H3. The zero-order chi connectivity index (χ0) is 8.65. The van der Waals surface area contributed by atoms with Crippen molar-refractivity contribution in [2.24, 2.45) is 0 Å². The van der Waals surface area contributed by atoms with Gasteiger partial charge in [0.25, 0.3) is 0 Å². The Morgan fingerprint density at radius 3 is 2.27 bits per heavy atom. The zero-order valence-corrected chi connectivity index (χ0v) is 8.89. The van der Waals surface area contributed by atoms with E-state index < -0.39 is 0 Å². The summed E-state index contributed by atoms with van der Waals surface area (Å²) < 4.78 is 15.3. The predicted octanol–water partition coefficient (Wildman–Crippen LogP) is 2.38. The Balaban J connectivity index is 3.21. The summed E-state index contributed by atoms with van der Waals surface area (Å²) in [4.78, 5) is 3.86. The van der Waals surface area contributed by atoms with Crippen molar-refractivity contribution in [2.45, 2.75) is 26.3 Å². The van der Waals surface area contributed by atoms with Gasteiger partial charge in [0.2, 0.25) is 5.95 Å². The Bertz CT molecular complexity index is 242. The van der Waals surface area contributed by atoms with Gasteiger partial charge in [-0.15, -0.1) is 0 Å². The van der Waals surface area contributed by atoms with Crippen LogP contribution in [0.15, 0.2) is 6.20 Å². The van der Waals surface area contributed by atoms with Crippen molar-refractivity contribution in [3.8, 4) is 0 Å². The molecule has 2 nitrogen and oxygen atoms in total. The second-order valence-corrected chi connectivity index (χ2v) is 4.32. The van der Waals surface area contributed by atoms with Crippen LogP contribution in [-0.4, -0.2) is 9.55 Å². The van der Waals surface area contributed by atoms with Crippen LogP contribution in [0.3, 0.4) is 0 Å². The molecule has 0 aliphatic rings. The maximum atomic E-state index is 13.0. The van der Waals surface area contributed by atoms with E-state index in [1.165, 1.54) is 6.20 Å². The molecule has 0 aromatic carbocycles. The number of nitrogens with zero attached hydrogens (tertiary/aromatic N) is 2. The third kappa shape index (κ3) is 1.72. The first kappa shape index (κ1) is 8.96. The monoisotopic (exact) mass is 268 g/mol. The minimum Gasteiger partial charge on any atom is -0.291 e. The first-order chi connectivity index (χ1) is 4.93. The van der Waals surface area contributed by atoms with Crippen LogP contribution >= 0.6 is 22.6 Å². The van der Waals surface area contributed by atoms with E-state index in [4.69, 9.17) is 0 Å². The molecule has 0 spiro atoms. The molecule has 1 rings (SSSR count). The Kier molecular flexibility index (Phi) is 2.22. The van der Waals surface area contributed by atoms with Crippen LogP contribution in [0.1, 0.15) is 20.8 Å². The minimum atomic E-state index is -0.276. The van der Waals surface area contributed by atoms with Gasteiger partial charge in [-0.05, 0) is 20.8 Å².